The van der Waals surface area contributed by atoms with Crippen LogP contribution in [0.25, 0.3) is 0 Å². The average Bonchev–Trinajstić information content (AvgIpc) is 2.48. The molecule has 0 unspecified atom stereocenters. The molecule has 8 heteroatoms. The van der Waals surface area contributed by atoms with Gasteiger partial charge in [0.15, 0.2) is 0 Å². The van der Waals surface area contributed by atoms with Crippen LogP contribution in [0.2, 0.25) is 0 Å². The van der Waals surface area contributed by atoms with Crippen molar-refractivity contribution in [1.82, 2.24) is 15.1 Å². The summed E-state index contributed by atoms with van der Waals surface area (Å²) < 4.78 is 0. The van der Waals surface area contributed by atoms with E-state index in [9.17, 15) is 4.79 Å². The molecule has 0 atom stereocenters. The van der Waals surface area contributed by atoms with Crippen molar-refractivity contribution in [2.75, 3.05) is 7.11 Å². The molecule has 0 amide bonds. The number of carboxylic acids is 1. The Morgan fingerprint density at radius 2 is 2.62 bits per heavy atom. The predicted molar refractivity (Wildman–Crippen MR) is 38.6 cm³/mol. The topological polar surface area (TPSA) is 102 Å². The molecule has 1 aromatic heterocycles. The van der Waals surface area contributed by atoms with E-state index in [-0.39, 0.29) is 6.42 Å². The monoisotopic (exact) mass is 185 g/mol. The maximum atomic E-state index is 10.3. The van der Waals surface area contributed by atoms with E-state index in [2.05, 4.69) is 25.7 Å². The highest BCUT2D eigenvalue weighted by Crippen LogP contribution is 1.97. The van der Waals surface area contributed by atoms with Crippen LogP contribution in [-0.4, -0.2) is 33.3 Å². The molecule has 1 heterocycles. The zero-order valence-corrected chi connectivity index (χ0v) is 6.78. The summed E-state index contributed by atoms with van der Waals surface area (Å²) in [6, 6.07) is 0. The molecule has 0 bridgehead atoms. The van der Waals surface area contributed by atoms with E-state index < -0.39 is 5.97 Å². The number of aliphatic carboxylic acids is 1. The molecule has 1 N–H and O–H groups in total. The quantitative estimate of drug-likeness (QED) is 0.511. The number of hydrogen-bond acceptors (Lipinski definition) is 6. The number of nitrogens with zero attached hydrogens (tertiary/aromatic N) is 5. The average molecular weight is 185 g/mol. The van der Waals surface area contributed by atoms with Crippen molar-refractivity contribution in [2.45, 2.75) is 6.42 Å². The van der Waals surface area contributed by atoms with Crippen LogP contribution in [0.4, 0.5) is 0 Å². The van der Waals surface area contributed by atoms with E-state index in [1.807, 2.05) is 0 Å². The van der Waals surface area contributed by atoms with E-state index >= 15 is 0 Å². The van der Waals surface area contributed by atoms with E-state index in [1.54, 1.807) is 0 Å². The van der Waals surface area contributed by atoms with Crippen molar-refractivity contribution < 1.29 is 14.7 Å². The molecule has 1 aromatic rings. The Morgan fingerprint density at radius 1 is 1.85 bits per heavy atom. The Labute approximate surface area is 72.8 Å². The first-order chi connectivity index (χ1) is 6.24. The smallest absolute Gasteiger partial charge is 0.309 e. The molecule has 1 rings (SSSR count). The zero-order chi connectivity index (χ0) is 9.68. The summed E-state index contributed by atoms with van der Waals surface area (Å²) in [6.07, 6.45) is 1.08. The van der Waals surface area contributed by atoms with Gasteiger partial charge in [-0.3, -0.25) is 4.79 Å². The van der Waals surface area contributed by atoms with Gasteiger partial charge in [0.1, 0.15) is 7.11 Å². The Balaban J connectivity index is 2.76. The second-order valence-electron chi connectivity index (χ2n) is 2.04. The number of hydrogen-bond donors (Lipinski definition) is 1. The van der Waals surface area contributed by atoms with Gasteiger partial charge in [-0.15, -0.1) is 9.89 Å². The Morgan fingerprint density at radius 3 is 3.23 bits per heavy atom. The normalized spacial score (nSPS) is 10.5. The molecular weight excluding hydrogens is 178 g/mol. The molecule has 0 spiro atoms. The first-order valence-corrected chi connectivity index (χ1v) is 3.30. The lowest BCUT2D eigenvalue weighted by Crippen LogP contribution is -2.05. The number of rotatable bonds is 4. The third-order valence-electron chi connectivity index (χ3n) is 1.14. The predicted octanol–water partition coefficient (Wildman–Crippen LogP) is -0.318. The van der Waals surface area contributed by atoms with Crippen LogP contribution in [0.1, 0.15) is 5.69 Å². The molecule has 0 aliphatic carbocycles. The molecule has 0 aromatic carbocycles. The summed E-state index contributed by atoms with van der Waals surface area (Å²) in [5.74, 6) is -0.990. The third-order valence-corrected chi connectivity index (χ3v) is 1.14. The molecule has 13 heavy (non-hydrogen) atoms. The fraction of sp³-hybridized carbons (Fsp3) is 0.400. The number of carboxylic acid groups (broad SMARTS) is 1. The SMILES string of the molecule is CO/N=N/n1nncc1CC(=O)O. The molecule has 0 aliphatic rings. The zero-order valence-electron chi connectivity index (χ0n) is 6.78. The van der Waals surface area contributed by atoms with Crippen LogP contribution < -0.4 is 0 Å². The van der Waals surface area contributed by atoms with Crippen molar-refractivity contribution in [3.05, 3.63) is 11.9 Å². The van der Waals surface area contributed by atoms with E-state index in [4.69, 9.17) is 5.11 Å². The van der Waals surface area contributed by atoms with E-state index in [0.29, 0.717) is 5.69 Å². The third kappa shape index (κ3) is 2.51. The summed E-state index contributed by atoms with van der Waals surface area (Å²) >= 11 is 0. The van der Waals surface area contributed by atoms with E-state index in [1.165, 1.54) is 13.3 Å². The van der Waals surface area contributed by atoms with Gasteiger partial charge < -0.3 is 9.94 Å². The minimum absolute atomic E-state index is 0.213. The summed E-state index contributed by atoms with van der Waals surface area (Å²) in [4.78, 5) is 15.6. The van der Waals surface area contributed by atoms with Crippen LogP contribution in [0.15, 0.2) is 16.7 Å². The highest BCUT2D eigenvalue weighted by molar-refractivity contribution is 5.69. The van der Waals surface area contributed by atoms with Crippen molar-refractivity contribution in [3.63, 3.8) is 0 Å². The van der Waals surface area contributed by atoms with Gasteiger partial charge in [0.25, 0.3) is 0 Å². The second-order valence-corrected chi connectivity index (χ2v) is 2.04. The van der Waals surface area contributed by atoms with Gasteiger partial charge in [-0.2, -0.15) is 0 Å². The maximum Gasteiger partial charge on any atom is 0.309 e. The van der Waals surface area contributed by atoms with Crippen LogP contribution in [-0.2, 0) is 16.1 Å². The van der Waals surface area contributed by atoms with Gasteiger partial charge in [0, 0.05) is 5.28 Å². The molecule has 70 valence electrons. The molecular formula is C5H7N5O3. The second kappa shape index (κ2) is 4.14. The van der Waals surface area contributed by atoms with E-state index in [0.717, 1.165) is 4.79 Å². The minimum Gasteiger partial charge on any atom is -0.481 e. The summed E-state index contributed by atoms with van der Waals surface area (Å²) in [5, 5.41) is 22.0. The van der Waals surface area contributed by atoms with Crippen molar-refractivity contribution in [1.29, 1.82) is 0 Å². The van der Waals surface area contributed by atoms with Gasteiger partial charge in [0.05, 0.1) is 18.3 Å². The lowest BCUT2D eigenvalue weighted by atomic mass is 10.3. The van der Waals surface area contributed by atoms with Crippen molar-refractivity contribution >= 4 is 5.97 Å². The van der Waals surface area contributed by atoms with Gasteiger partial charge in [0.2, 0.25) is 0 Å². The largest absolute Gasteiger partial charge is 0.481 e. The fourth-order valence-electron chi connectivity index (χ4n) is 0.668. The molecule has 0 saturated carbocycles. The molecule has 0 aliphatic heterocycles. The lowest BCUT2D eigenvalue weighted by molar-refractivity contribution is -0.136. The summed E-state index contributed by atoms with van der Waals surface area (Å²) in [5.41, 5.74) is 0.327. The molecule has 0 radical (unpaired) electrons. The Kier molecular flexibility index (Phi) is 2.90. The summed E-state index contributed by atoms with van der Waals surface area (Å²) in [7, 11) is 1.32. The first kappa shape index (κ1) is 9.10. The van der Waals surface area contributed by atoms with Gasteiger partial charge >= 0.3 is 5.97 Å². The van der Waals surface area contributed by atoms with Crippen LogP contribution in [0.3, 0.4) is 0 Å². The Hall–Kier alpha value is -1.99. The number of aromatic nitrogens is 3. The summed E-state index contributed by atoms with van der Waals surface area (Å²) in [6.45, 7) is 0. The molecule has 0 fully saturated rings. The Bertz CT molecular complexity index is 320. The fourth-order valence-corrected chi connectivity index (χ4v) is 0.668. The van der Waals surface area contributed by atoms with Crippen molar-refractivity contribution in [2.24, 2.45) is 10.5 Å². The standard InChI is InChI=1S/C5H7N5O3/c1-13-9-8-10-4(2-5(11)12)3-6-7-10/h3H,2H2,1H3,(H,11,12)/b9-8+. The highest BCUT2D eigenvalue weighted by atomic mass is 16.6. The van der Waals surface area contributed by atoms with Gasteiger partial charge in [-0.1, -0.05) is 0 Å². The van der Waals surface area contributed by atoms with Crippen LogP contribution in [0, 0.1) is 0 Å². The van der Waals surface area contributed by atoms with Crippen LogP contribution in [0.5, 0.6) is 0 Å². The van der Waals surface area contributed by atoms with Gasteiger partial charge in [-0.25, -0.2) is 0 Å². The van der Waals surface area contributed by atoms with Gasteiger partial charge in [-0.05, 0) is 10.4 Å². The highest BCUT2D eigenvalue weighted by Gasteiger charge is 2.07. The minimum atomic E-state index is -0.990. The van der Waals surface area contributed by atoms with Crippen LogP contribution >= 0.6 is 0 Å². The first-order valence-electron chi connectivity index (χ1n) is 3.30. The molecule has 8 nitrogen and oxygen atoms in total. The van der Waals surface area contributed by atoms with Crippen molar-refractivity contribution in [3.8, 4) is 0 Å². The number of carbonyl (C=O) groups is 1. The lowest BCUT2D eigenvalue weighted by Gasteiger charge is -1.93. The molecule has 0 saturated heterocycles. The maximum absolute atomic E-state index is 10.3.